The van der Waals surface area contributed by atoms with Crippen molar-refractivity contribution in [2.24, 2.45) is 11.8 Å². The molecule has 2 amide bonds. The fourth-order valence-electron chi connectivity index (χ4n) is 7.43. The number of ether oxygens (including phenoxy) is 2. The summed E-state index contributed by atoms with van der Waals surface area (Å²) in [5.74, 6) is 2.96. The summed E-state index contributed by atoms with van der Waals surface area (Å²) < 4.78 is 66.5. The minimum Gasteiger partial charge on any atom is -0.492 e. The lowest BCUT2D eigenvalue weighted by atomic mass is 9.82. The first kappa shape index (κ1) is 52.6. The molecule has 4 N–H and O–H groups in total. The van der Waals surface area contributed by atoms with Crippen molar-refractivity contribution in [3.05, 3.63) is 148 Å². The molecule has 380 valence electrons. The Labute approximate surface area is 435 Å². The summed E-state index contributed by atoms with van der Waals surface area (Å²) in [7, 11) is -1.66. The standard InChI is InChI=1S/C25H22F2N6O2.C19H18IN5O2.C6H6BF2NO2/c1-15-9-10-33-14-29-32-24(33)20-3-2-4-22(30-20)31-25(34)18-11-16(6-8-21(18)35-13-15)17-5-7-19(23(26)27)28-12-17;1-12-7-8-25-11-21-24-18(25)15-3-2-4-17(22-15)23-19(26)14-9-13(20)5-6-16(14)27-10-12;8-6(9)5-2-1-4(3-10-5)7(11)12/h2-8,11-12,14-15,23H,9-10,13H2,1H3,(H,30,31,34);2-6,9,11-12H,7-8,10H2,1H3,(H,22,23,26);1-3,6,11-12H/t15-;12-;/m11./s1. The maximum absolute atomic E-state index is 13.3. The van der Waals surface area contributed by atoms with Gasteiger partial charge in [-0.1, -0.05) is 44.2 Å². The molecular formula is C50H46BF4IN12O6. The number of amides is 2. The zero-order valence-corrected chi connectivity index (χ0v) is 41.7. The van der Waals surface area contributed by atoms with Crippen molar-refractivity contribution in [3.8, 4) is 45.7 Å². The van der Waals surface area contributed by atoms with Gasteiger partial charge in [0.15, 0.2) is 11.6 Å². The van der Waals surface area contributed by atoms with Crippen molar-refractivity contribution in [2.75, 3.05) is 23.8 Å². The van der Waals surface area contributed by atoms with Gasteiger partial charge >= 0.3 is 7.12 Å². The smallest absolute Gasteiger partial charge is 0.490 e. The zero-order chi connectivity index (χ0) is 52.3. The average molecular weight is 1120 g/mol. The number of benzene rings is 2. The highest BCUT2D eigenvalue weighted by Crippen LogP contribution is 2.31. The Hall–Kier alpha value is -7.71. The van der Waals surface area contributed by atoms with Gasteiger partial charge in [-0.25, -0.2) is 27.5 Å². The van der Waals surface area contributed by atoms with Crippen molar-refractivity contribution in [1.82, 2.24) is 49.5 Å². The lowest BCUT2D eigenvalue weighted by Crippen LogP contribution is -2.30. The third-order valence-electron chi connectivity index (χ3n) is 11.5. The van der Waals surface area contributed by atoms with Gasteiger partial charge in [-0.2, -0.15) is 0 Å². The van der Waals surface area contributed by atoms with Gasteiger partial charge in [0, 0.05) is 40.1 Å². The first-order valence-corrected chi connectivity index (χ1v) is 24.1. The maximum atomic E-state index is 13.3. The molecule has 8 aromatic rings. The van der Waals surface area contributed by atoms with Gasteiger partial charge < -0.3 is 39.3 Å². The number of hydrogen-bond acceptors (Lipinski definition) is 14. The molecule has 0 aliphatic carbocycles. The molecule has 2 aliphatic heterocycles. The number of halogens is 5. The number of carbonyl (C=O) groups excluding carboxylic acids is 2. The van der Waals surface area contributed by atoms with Crippen LogP contribution in [0.15, 0.2) is 122 Å². The molecule has 2 aromatic carbocycles. The van der Waals surface area contributed by atoms with Crippen LogP contribution in [0.5, 0.6) is 11.5 Å². The van der Waals surface area contributed by atoms with Crippen LogP contribution in [0.25, 0.3) is 34.2 Å². The topological polar surface area (TPSA) is 230 Å². The molecule has 0 fully saturated rings. The molecule has 2 aliphatic rings. The van der Waals surface area contributed by atoms with Gasteiger partial charge in [-0.3, -0.25) is 19.6 Å². The van der Waals surface area contributed by atoms with Crippen LogP contribution in [0.2, 0.25) is 0 Å². The molecule has 0 radical (unpaired) electrons. The van der Waals surface area contributed by atoms with E-state index in [2.05, 4.69) is 87.4 Å². The Bertz CT molecular complexity index is 3180. The Morgan fingerprint density at radius 1 is 0.649 bits per heavy atom. The van der Waals surface area contributed by atoms with E-state index in [0.29, 0.717) is 94.1 Å². The van der Waals surface area contributed by atoms with Gasteiger partial charge in [-0.05, 0) is 120 Å². The van der Waals surface area contributed by atoms with Crippen LogP contribution in [-0.2, 0) is 13.1 Å². The van der Waals surface area contributed by atoms with Crippen molar-refractivity contribution >= 4 is 58.6 Å². The second-order valence-corrected chi connectivity index (χ2v) is 18.4. The van der Waals surface area contributed by atoms with Crippen molar-refractivity contribution in [1.29, 1.82) is 0 Å². The lowest BCUT2D eigenvalue weighted by Gasteiger charge is -2.18. The van der Waals surface area contributed by atoms with E-state index in [4.69, 9.17) is 19.5 Å². The van der Waals surface area contributed by atoms with E-state index >= 15 is 0 Å². The van der Waals surface area contributed by atoms with E-state index in [1.165, 1.54) is 18.3 Å². The van der Waals surface area contributed by atoms with Gasteiger partial charge in [0.2, 0.25) is 0 Å². The SMILES string of the molecule is C[C@@H]1CCn2cnnc2-c2cccc(n2)NC(=O)c2cc(-c3ccc(C(F)F)nc3)ccc2OC1.C[C@@H]1CCn2cnnc2-c2cccc(n2)NC(=O)c2cc(I)ccc2OC1.OB(O)c1ccc(C(F)F)nc1. The summed E-state index contributed by atoms with van der Waals surface area (Å²) in [4.78, 5) is 42.4. The average Bonchev–Trinajstić information content (AvgIpc) is 4.09. The summed E-state index contributed by atoms with van der Waals surface area (Å²) >= 11 is 2.19. The monoisotopic (exact) mass is 1120 g/mol. The zero-order valence-electron chi connectivity index (χ0n) is 39.6. The third-order valence-corrected chi connectivity index (χ3v) is 12.2. The summed E-state index contributed by atoms with van der Waals surface area (Å²) in [6, 6.07) is 26.6. The Morgan fingerprint density at radius 3 is 1.64 bits per heavy atom. The van der Waals surface area contributed by atoms with Crippen molar-refractivity contribution in [2.45, 2.75) is 52.6 Å². The normalized spacial score (nSPS) is 15.5. The molecule has 74 heavy (non-hydrogen) atoms. The van der Waals surface area contributed by atoms with Crippen molar-refractivity contribution < 1.29 is 46.7 Å². The molecule has 0 saturated heterocycles. The fraction of sp³-hybridized carbons (Fsp3) is 0.240. The largest absolute Gasteiger partial charge is 0.492 e. The van der Waals surface area contributed by atoms with Crippen LogP contribution < -0.4 is 25.6 Å². The highest BCUT2D eigenvalue weighted by Gasteiger charge is 2.21. The van der Waals surface area contributed by atoms with Crippen LogP contribution >= 0.6 is 22.6 Å². The Balaban J connectivity index is 0.000000165. The van der Waals surface area contributed by atoms with Crippen LogP contribution in [-0.4, -0.2) is 91.7 Å². The number of anilines is 2. The number of aromatic nitrogens is 10. The van der Waals surface area contributed by atoms with Crippen molar-refractivity contribution in [3.63, 3.8) is 0 Å². The van der Waals surface area contributed by atoms with Gasteiger partial charge in [0.05, 0.1) is 24.3 Å². The van der Waals surface area contributed by atoms with E-state index in [1.54, 1.807) is 55.1 Å². The number of carbonyl (C=O) groups is 2. The highest BCUT2D eigenvalue weighted by molar-refractivity contribution is 14.1. The van der Waals surface area contributed by atoms with E-state index in [9.17, 15) is 27.2 Å². The predicted molar refractivity (Wildman–Crippen MR) is 274 cm³/mol. The lowest BCUT2D eigenvalue weighted by molar-refractivity contribution is 0.101. The first-order chi connectivity index (χ1) is 35.7. The molecule has 4 bridgehead atoms. The number of pyridine rings is 4. The van der Waals surface area contributed by atoms with Gasteiger partial charge in [0.25, 0.3) is 24.7 Å². The molecule has 6 aromatic heterocycles. The summed E-state index contributed by atoms with van der Waals surface area (Å²) in [5, 5.41) is 39.3. The summed E-state index contributed by atoms with van der Waals surface area (Å²) in [5.41, 5.74) is 2.76. The van der Waals surface area contributed by atoms with E-state index in [0.717, 1.165) is 35.2 Å². The molecule has 0 spiro atoms. The van der Waals surface area contributed by atoms with Gasteiger partial charge in [0.1, 0.15) is 58.6 Å². The number of rotatable bonds is 4. The summed E-state index contributed by atoms with van der Waals surface area (Å²) in [6.07, 6.45) is 2.19. The van der Waals surface area contributed by atoms with Crippen LogP contribution in [0.4, 0.5) is 29.2 Å². The third kappa shape index (κ3) is 13.5. The molecule has 8 heterocycles. The molecule has 10 rings (SSSR count). The second kappa shape index (κ2) is 24.3. The molecule has 24 heteroatoms. The van der Waals surface area contributed by atoms with E-state index in [1.807, 2.05) is 45.5 Å². The maximum Gasteiger partial charge on any atom is 0.490 e. The minimum absolute atomic E-state index is 0.0967. The Kier molecular flexibility index (Phi) is 17.3. The number of alkyl halides is 4. The van der Waals surface area contributed by atoms with Crippen LogP contribution in [0.3, 0.4) is 0 Å². The number of hydrogen-bond donors (Lipinski definition) is 4. The minimum atomic E-state index is -2.65. The van der Waals surface area contributed by atoms with Crippen LogP contribution in [0.1, 0.15) is 71.6 Å². The molecule has 18 nitrogen and oxygen atoms in total. The quantitative estimate of drug-likeness (QED) is 0.0738. The van der Waals surface area contributed by atoms with E-state index in [-0.39, 0.29) is 28.7 Å². The highest BCUT2D eigenvalue weighted by atomic mass is 127. The van der Waals surface area contributed by atoms with Gasteiger partial charge in [-0.15, -0.1) is 20.4 Å². The Morgan fingerprint density at radius 2 is 1.15 bits per heavy atom. The number of aryl methyl sites for hydroxylation is 2. The fourth-order valence-corrected chi connectivity index (χ4v) is 7.92. The first-order valence-electron chi connectivity index (χ1n) is 23.1. The summed E-state index contributed by atoms with van der Waals surface area (Å²) in [6.45, 7) is 6.59. The number of nitrogens with zero attached hydrogens (tertiary/aromatic N) is 10. The van der Waals surface area contributed by atoms with Crippen LogP contribution in [0, 0.1) is 15.4 Å². The number of fused-ring (bicyclic) bond motifs is 10. The molecular weight excluding hydrogens is 1080 g/mol. The second-order valence-electron chi connectivity index (χ2n) is 17.1. The molecule has 0 saturated carbocycles. The van der Waals surface area contributed by atoms with E-state index < -0.39 is 25.9 Å². The molecule has 0 unspecified atom stereocenters. The molecule has 2 atom stereocenters. The number of nitrogens with one attached hydrogen (secondary N) is 2. The predicted octanol–water partition coefficient (Wildman–Crippen LogP) is 8.33.